The maximum absolute atomic E-state index is 10.9. The van der Waals surface area contributed by atoms with Crippen LogP contribution in [-0.4, -0.2) is 48.2 Å². The van der Waals surface area contributed by atoms with E-state index in [1.165, 1.54) is 0 Å². The normalized spacial score (nSPS) is 25.5. The third-order valence-electron chi connectivity index (χ3n) is 3.54. The lowest BCUT2D eigenvalue weighted by Gasteiger charge is -2.38. The monoisotopic (exact) mass is 270 g/mol. The van der Waals surface area contributed by atoms with E-state index in [9.17, 15) is 4.79 Å². The fourth-order valence-electron chi connectivity index (χ4n) is 2.79. The molecule has 19 heavy (non-hydrogen) atoms. The minimum Gasteiger partial charge on any atom is -0.481 e. The molecular formula is C15H30N2O2. The van der Waals surface area contributed by atoms with Gasteiger partial charge in [-0.25, -0.2) is 0 Å². The molecule has 1 heterocycles. The lowest BCUT2D eigenvalue weighted by atomic mass is 9.90. The Morgan fingerprint density at radius 2 is 2.05 bits per heavy atom. The van der Waals surface area contributed by atoms with E-state index in [1.54, 1.807) is 0 Å². The third-order valence-corrected chi connectivity index (χ3v) is 3.54. The van der Waals surface area contributed by atoms with Crippen molar-refractivity contribution < 1.29 is 9.90 Å². The fraction of sp³-hybridized carbons (Fsp3) is 0.933. The molecule has 0 spiro atoms. The predicted molar refractivity (Wildman–Crippen MR) is 78.3 cm³/mol. The van der Waals surface area contributed by atoms with Gasteiger partial charge < -0.3 is 15.3 Å². The molecule has 0 aromatic carbocycles. The van der Waals surface area contributed by atoms with Gasteiger partial charge in [0.25, 0.3) is 0 Å². The van der Waals surface area contributed by atoms with Gasteiger partial charge in [0.15, 0.2) is 0 Å². The molecule has 0 bridgehead atoms. The van der Waals surface area contributed by atoms with E-state index in [0.29, 0.717) is 12.5 Å². The summed E-state index contributed by atoms with van der Waals surface area (Å²) in [6, 6.07) is 0.434. The second-order valence-corrected chi connectivity index (χ2v) is 7.10. The summed E-state index contributed by atoms with van der Waals surface area (Å²) in [5, 5.41) is 12.6. The highest BCUT2D eigenvalue weighted by atomic mass is 16.4. The summed E-state index contributed by atoms with van der Waals surface area (Å²) in [4.78, 5) is 13.3. The van der Waals surface area contributed by atoms with Gasteiger partial charge in [0.2, 0.25) is 0 Å². The molecule has 1 aliphatic heterocycles. The van der Waals surface area contributed by atoms with E-state index in [2.05, 4.69) is 37.9 Å². The second kappa shape index (κ2) is 7.25. The number of carboxylic acids is 1. The molecule has 2 atom stereocenters. The van der Waals surface area contributed by atoms with Crippen molar-refractivity contribution >= 4 is 5.97 Å². The van der Waals surface area contributed by atoms with Gasteiger partial charge in [-0.05, 0) is 30.7 Å². The van der Waals surface area contributed by atoms with Gasteiger partial charge >= 0.3 is 5.97 Å². The highest BCUT2D eigenvalue weighted by Crippen LogP contribution is 2.21. The Kier molecular flexibility index (Phi) is 6.27. The first kappa shape index (κ1) is 16.4. The molecule has 2 N–H and O–H groups in total. The third kappa shape index (κ3) is 6.92. The lowest BCUT2D eigenvalue weighted by Crippen LogP contribution is -2.51. The van der Waals surface area contributed by atoms with Crippen LogP contribution in [0, 0.1) is 11.3 Å². The van der Waals surface area contributed by atoms with Crippen LogP contribution in [-0.2, 0) is 4.79 Å². The minimum absolute atomic E-state index is 0.273. The summed E-state index contributed by atoms with van der Waals surface area (Å²) in [5.41, 5.74) is 0.273. The standard InChI is InChI=1S/C15H30N2O2/c1-5-6-17-9-12(8-14(18)19)7-13(10-17)16-11-15(2,3)4/h12-13,16H,5-11H2,1-4H3,(H,18,19). The number of nitrogens with one attached hydrogen (secondary N) is 1. The Morgan fingerprint density at radius 1 is 1.37 bits per heavy atom. The molecule has 4 nitrogen and oxygen atoms in total. The number of hydrogen-bond acceptors (Lipinski definition) is 3. The Hall–Kier alpha value is -0.610. The first-order valence-electron chi connectivity index (χ1n) is 7.47. The number of carboxylic acid groups (broad SMARTS) is 1. The molecule has 2 unspecified atom stereocenters. The van der Waals surface area contributed by atoms with E-state index in [1.807, 2.05) is 0 Å². The molecule has 0 amide bonds. The zero-order chi connectivity index (χ0) is 14.5. The van der Waals surface area contributed by atoms with Crippen LogP contribution in [0.4, 0.5) is 0 Å². The molecule has 0 aliphatic carbocycles. The van der Waals surface area contributed by atoms with Crippen LogP contribution >= 0.6 is 0 Å². The largest absolute Gasteiger partial charge is 0.481 e. The van der Waals surface area contributed by atoms with E-state index < -0.39 is 5.97 Å². The van der Waals surface area contributed by atoms with Gasteiger partial charge in [-0.3, -0.25) is 4.79 Å². The van der Waals surface area contributed by atoms with Gasteiger partial charge in [0, 0.05) is 32.1 Å². The Bertz CT molecular complexity index is 286. The number of rotatable bonds is 6. The van der Waals surface area contributed by atoms with Crippen LogP contribution in [0.3, 0.4) is 0 Å². The summed E-state index contributed by atoms with van der Waals surface area (Å²) >= 11 is 0. The average Bonchev–Trinajstić information content (AvgIpc) is 2.24. The van der Waals surface area contributed by atoms with Crippen LogP contribution in [0.15, 0.2) is 0 Å². The highest BCUT2D eigenvalue weighted by Gasteiger charge is 2.28. The topological polar surface area (TPSA) is 52.6 Å². The second-order valence-electron chi connectivity index (χ2n) is 7.10. The predicted octanol–water partition coefficient (Wildman–Crippen LogP) is 2.20. The van der Waals surface area contributed by atoms with E-state index in [-0.39, 0.29) is 11.3 Å². The fourth-order valence-corrected chi connectivity index (χ4v) is 2.79. The van der Waals surface area contributed by atoms with Crippen LogP contribution < -0.4 is 5.32 Å². The van der Waals surface area contributed by atoms with E-state index in [0.717, 1.165) is 39.0 Å². The number of carbonyl (C=O) groups is 1. The van der Waals surface area contributed by atoms with Crippen molar-refractivity contribution in [2.75, 3.05) is 26.2 Å². The van der Waals surface area contributed by atoms with Gasteiger partial charge in [0.05, 0.1) is 0 Å². The van der Waals surface area contributed by atoms with E-state index >= 15 is 0 Å². The molecular weight excluding hydrogens is 240 g/mol. The molecule has 1 saturated heterocycles. The molecule has 0 aromatic rings. The number of hydrogen-bond donors (Lipinski definition) is 2. The smallest absolute Gasteiger partial charge is 0.303 e. The molecule has 0 aromatic heterocycles. The van der Waals surface area contributed by atoms with Crippen molar-refractivity contribution in [2.24, 2.45) is 11.3 Å². The first-order chi connectivity index (χ1) is 8.80. The lowest BCUT2D eigenvalue weighted by molar-refractivity contribution is -0.138. The number of nitrogens with zero attached hydrogens (tertiary/aromatic N) is 1. The molecule has 1 aliphatic rings. The quantitative estimate of drug-likeness (QED) is 0.777. The molecule has 0 radical (unpaired) electrons. The van der Waals surface area contributed by atoms with Crippen molar-refractivity contribution in [1.82, 2.24) is 10.2 Å². The molecule has 1 fully saturated rings. The number of aliphatic carboxylic acids is 1. The summed E-state index contributed by atoms with van der Waals surface area (Å²) in [6.07, 6.45) is 2.42. The van der Waals surface area contributed by atoms with Crippen molar-refractivity contribution in [1.29, 1.82) is 0 Å². The zero-order valence-electron chi connectivity index (χ0n) is 12.9. The summed E-state index contributed by atoms with van der Waals surface area (Å²) in [6.45, 7) is 12.9. The van der Waals surface area contributed by atoms with E-state index in [4.69, 9.17) is 5.11 Å². The SMILES string of the molecule is CCCN1CC(CC(=O)O)CC(NCC(C)(C)C)C1. The van der Waals surface area contributed by atoms with Crippen LogP contribution in [0.1, 0.15) is 47.0 Å². The van der Waals surface area contributed by atoms with Gasteiger partial charge in [-0.2, -0.15) is 0 Å². The average molecular weight is 270 g/mol. The summed E-state index contributed by atoms with van der Waals surface area (Å²) in [7, 11) is 0. The van der Waals surface area contributed by atoms with Crippen molar-refractivity contribution in [2.45, 2.75) is 53.0 Å². The van der Waals surface area contributed by atoms with Crippen LogP contribution in [0.5, 0.6) is 0 Å². The van der Waals surface area contributed by atoms with Gasteiger partial charge in [-0.15, -0.1) is 0 Å². The first-order valence-corrected chi connectivity index (χ1v) is 7.47. The van der Waals surface area contributed by atoms with Crippen LogP contribution in [0.25, 0.3) is 0 Å². The van der Waals surface area contributed by atoms with Gasteiger partial charge in [-0.1, -0.05) is 27.7 Å². The molecule has 0 saturated carbocycles. The van der Waals surface area contributed by atoms with Crippen molar-refractivity contribution in [3.63, 3.8) is 0 Å². The molecule has 4 heteroatoms. The van der Waals surface area contributed by atoms with Crippen LogP contribution in [0.2, 0.25) is 0 Å². The maximum atomic E-state index is 10.9. The Morgan fingerprint density at radius 3 is 2.58 bits per heavy atom. The summed E-state index contributed by atoms with van der Waals surface area (Å²) < 4.78 is 0. The molecule has 1 rings (SSSR count). The Balaban J connectivity index is 2.51. The minimum atomic E-state index is -0.669. The highest BCUT2D eigenvalue weighted by molar-refractivity contribution is 5.67. The number of piperidine rings is 1. The Labute approximate surface area is 117 Å². The van der Waals surface area contributed by atoms with Gasteiger partial charge in [0.1, 0.15) is 0 Å². The molecule has 112 valence electrons. The maximum Gasteiger partial charge on any atom is 0.303 e. The zero-order valence-corrected chi connectivity index (χ0v) is 12.9. The summed E-state index contributed by atoms with van der Waals surface area (Å²) in [5.74, 6) is -0.381. The van der Waals surface area contributed by atoms with Crippen molar-refractivity contribution in [3.8, 4) is 0 Å². The number of likely N-dealkylation sites (tertiary alicyclic amines) is 1. The van der Waals surface area contributed by atoms with Crippen molar-refractivity contribution in [3.05, 3.63) is 0 Å².